The summed E-state index contributed by atoms with van der Waals surface area (Å²) in [6.45, 7) is 0.975. The molecule has 1 aliphatic rings. The molecule has 2 aromatic heterocycles. The van der Waals surface area contributed by atoms with E-state index in [4.69, 9.17) is 9.26 Å². The second-order valence-electron chi connectivity index (χ2n) is 9.12. The first-order chi connectivity index (χ1) is 19.5. The number of nitrogens with one attached hydrogen (secondary N) is 3. The van der Waals surface area contributed by atoms with Crippen LogP contribution >= 0.6 is 0 Å². The molecule has 0 spiro atoms. The zero-order chi connectivity index (χ0) is 29.7. The molecule has 0 unspecified atom stereocenters. The molecule has 1 aromatic carbocycles. The van der Waals surface area contributed by atoms with Crippen LogP contribution < -0.4 is 16.0 Å². The zero-order valence-corrected chi connectivity index (χ0v) is 21.9. The number of halogens is 4. The molecule has 1 fully saturated rings. The van der Waals surface area contributed by atoms with E-state index < -0.39 is 54.5 Å². The number of pyridine rings is 1. The number of urea groups is 1. The maximum absolute atomic E-state index is 14.0. The Kier molecular flexibility index (Phi) is 8.86. The Morgan fingerprint density at radius 2 is 2.02 bits per heavy atom. The molecular weight excluding hydrogens is 552 g/mol. The van der Waals surface area contributed by atoms with Crippen molar-refractivity contribution in [3.05, 3.63) is 77.1 Å². The van der Waals surface area contributed by atoms with E-state index in [-0.39, 0.29) is 23.6 Å². The molecule has 3 heterocycles. The second kappa shape index (κ2) is 12.3. The average Bonchev–Trinajstić information content (AvgIpc) is 3.57. The molecule has 3 N–H and O–H groups in total. The van der Waals surface area contributed by atoms with Gasteiger partial charge in [-0.3, -0.25) is 9.59 Å². The van der Waals surface area contributed by atoms with Gasteiger partial charge in [0, 0.05) is 13.3 Å². The van der Waals surface area contributed by atoms with E-state index in [1.54, 1.807) is 6.92 Å². The smallest absolute Gasteiger partial charge is 0.382 e. The maximum Gasteiger partial charge on any atom is 0.410 e. The molecule has 1 aliphatic heterocycles. The number of aryl methyl sites for hydroxylation is 1. The minimum atomic E-state index is -4.64. The quantitative estimate of drug-likeness (QED) is 0.313. The van der Waals surface area contributed by atoms with E-state index in [1.165, 1.54) is 43.6 Å². The highest BCUT2D eigenvalue weighted by atomic mass is 19.4. The first-order valence-corrected chi connectivity index (χ1v) is 12.4. The Hall–Kier alpha value is -4.53. The molecule has 3 aromatic rings. The van der Waals surface area contributed by atoms with Gasteiger partial charge in [0.05, 0.1) is 24.9 Å². The van der Waals surface area contributed by atoms with Gasteiger partial charge in [-0.25, -0.2) is 14.2 Å². The number of aromatic nitrogens is 2. The summed E-state index contributed by atoms with van der Waals surface area (Å²) in [5.41, 5.74) is 0.924. The molecule has 4 amide bonds. The Morgan fingerprint density at radius 1 is 1.24 bits per heavy atom. The van der Waals surface area contributed by atoms with Crippen LogP contribution in [0.15, 0.2) is 53.4 Å². The number of anilines is 1. The van der Waals surface area contributed by atoms with Gasteiger partial charge < -0.3 is 30.1 Å². The van der Waals surface area contributed by atoms with Crippen molar-refractivity contribution in [3.63, 3.8) is 0 Å². The Bertz CT molecular complexity index is 1410. The van der Waals surface area contributed by atoms with Gasteiger partial charge in [-0.2, -0.15) is 13.2 Å². The average molecular weight is 579 g/mol. The van der Waals surface area contributed by atoms with Crippen LogP contribution in [0, 0.1) is 5.82 Å². The van der Waals surface area contributed by atoms with Crippen molar-refractivity contribution in [1.82, 2.24) is 25.7 Å². The number of hydrogen-bond acceptors (Lipinski definition) is 7. The molecular formula is C26H26F4N6O5. The van der Waals surface area contributed by atoms with E-state index in [0.717, 1.165) is 17.2 Å². The van der Waals surface area contributed by atoms with Crippen LogP contribution in [0.5, 0.6) is 0 Å². The number of hydrogen-bond donors (Lipinski definition) is 3. The molecule has 218 valence electrons. The van der Waals surface area contributed by atoms with Crippen molar-refractivity contribution < 1.29 is 41.2 Å². The fourth-order valence-corrected chi connectivity index (χ4v) is 4.35. The van der Waals surface area contributed by atoms with E-state index in [1.807, 2.05) is 5.32 Å². The van der Waals surface area contributed by atoms with Gasteiger partial charge in [-0.15, -0.1) is 0 Å². The second-order valence-corrected chi connectivity index (χ2v) is 9.12. The normalized spacial score (nSPS) is 16.7. The van der Waals surface area contributed by atoms with Crippen molar-refractivity contribution in [2.45, 2.75) is 37.6 Å². The van der Waals surface area contributed by atoms with Crippen molar-refractivity contribution in [2.24, 2.45) is 0 Å². The van der Waals surface area contributed by atoms with E-state index in [0.29, 0.717) is 17.7 Å². The molecule has 0 aliphatic carbocycles. The number of carbonyl (C=O) groups is 3. The van der Waals surface area contributed by atoms with Crippen LogP contribution in [0.4, 0.5) is 28.2 Å². The number of carbonyl (C=O) groups excluding carboxylic acids is 3. The number of nitrogens with zero attached hydrogens (tertiary/aromatic N) is 3. The predicted molar refractivity (Wildman–Crippen MR) is 135 cm³/mol. The van der Waals surface area contributed by atoms with Crippen LogP contribution in [0.1, 0.15) is 46.2 Å². The van der Waals surface area contributed by atoms with Crippen LogP contribution in [0.25, 0.3) is 0 Å². The molecule has 15 heteroatoms. The summed E-state index contributed by atoms with van der Waals surface area (Å²) in [7, 11) is 1.33. The summed E-state index contributed by atoms with van der Waals surface area (Å²) in [4.78, 5) is 43.8. The summed E-state index contributed by atoms with van der Waals surface area (Å²) < 4.78 is 63.8. The Balaban J connectivity index is 1.59. The number of ether oxygens (including phenoxy) is 1. The van der Waals surface area contributed by atoms with Crippen LogP contribution in [0.3, 0.4) is 0 Å². The van der Waals surface area contributed by atoms with E-state index >= 15 is 0 Å². The first-order valence-electron chi connectivity index (χ1n) is 12.4. The highest BCUT2D eigenvalue weighted by molar-refractivity contribution is 6.01. The lowest BCUT2D eigenvalue weighted by Crippen LogP contribution is -2.40. The van der Waals surface area contributed by atoms with Crippen molar-refractivity contribution in [1.29, 1.82) is 0 Å². The lowest BCUT2D eigenvalue weighted by Gasteiger charge is -2.27. The molecule has 0 saturated carbocycles. The van der Waals surface area contributed by atoms with Crippen molar-refractivity contribution >= 4 is 23.7 Å². The molecule has 0 radical (unpaired) electrons. The lowest BCUT2D eigenvalue weighted by atomic mass is 10.0. The fourth-order valence-electron chi connectivity index (χ4n) is 4.35. The van der Waals surface area contributed by atoms with E-state index in [9.17, 15) is 31.9 Å². The largest absolute Gasteiger partial charge is 0.410 e. The number of amides is 4. The fraction of sp³-hybridized carbons (Fsp3) is 0.346. The predicted octanol–water partition coefficient (Wildman–Crippen LogP) is 3.52. The van der Waals surface area contributed by atoms with Crippen LogP contribution in [0.2, 0.25) is 0 Å². The zero-order valence-electron chi connectivity index (χ0n) is 21.9. The number of rotatable bonds is 10. The molecule has 0 bridgehead atoms. The van der Waals surface area contributed by atoms with Gasteiger partial charge in [0.1, 0.15) is 35.5 Å². The standard InChI is InChI=1S/C26H26F4N6O5/c1-3-18-17(12-41-35-18)23(37)34-22(15-5-4-6-16(27)9-15)24(38)33-21-10-14(7-8-31-21)19(13-40-2)36-11-20(26(28,29)30)32-25(36)39/h4-10,12,19-20,22H,3,11,13H2,1-2H3,(H,32,39)(H,34,37)(H,31,33,38)/t19-,20+,22+/m1/s1. The Morgan fingerprint density at radius 3 is 2.68 bits per heavy atom. The third-order valence-corrected chi connectivity index (χ3v) is 6.40. The summed E-state index contributed by atoms with van der Waals surface area (Å²) in [5.74, 6) is -2.15. The van der Waals surface area contributed by atoms with Crippen molar-refractivity contribution in [3.8, 4) is 0 Å². The molecule has 1 saturated heterocycles. The van der Waals surface area contributed by atoms with Gasteiger partial charge in [-0.05, 0) is 41.8 Å². The van der Waals surface area contributed by atoms with Gasteiger partial charge in [0.25, 0.3) is 11.8 Å². The molecule has 4 rings (SSSR count). The summed E-state index contributed by atoms with van der Waals surface area (Å²) in [6.07, 6.45) is -1.83. The topological polar surface area (TPSA) is 139 Å². The van der Waals surface area contributed by atoms with Gasteiger partial charge >= 0.3 is 12.2 Å². The van der Waals surface area contributed by atoms with Gasteiger partial charge in [0.15, 0.2) is 0 Å². The third-order valence-electron chi connectivity index (χ3n) is 6.40. The summed E-state index contributed by atoms with van der Waals surface area (Å²) in [6, 6.07) is 2.62. The maximum atomic E-state index is 14.0. The number of alkyl halides is 3. The summed E-state index contributed by atoms with van der Waals surface area (Å²) in [5, 5.41) is 10.8. The SMILES string of the molecule is CCc1nocc1C(=O)N[C@H](C(=O)Nc1cc([C@@H](COC)N2C[C@@H](C(F)(F)F)NC2=O)ccn1)c1cccc(F)c1. The monoisotopic (exact) mass is 578 g/mol. The molecule has 11 nitrogen and oxygen atoms in total. The summed E-state index contributed by atoms with van der Waals surface area (Å²) >= 11 is 0. The van der Waals surface area contributed by atoms with Gasteiger partial charge in [0.2, 0.25) is 0 Å². The third kappa shape index (κ3) is 6.80. The highest BCUT2D eigenvalue weighted by Gasteiger charge is 2.48. The number of benzene rings is 1. The van der Waals surface area contributed by atoms with E-state index in [2.05, 4.69) is 20.8 Å². The lowest BCUT2D eigenvalue weighted by molar-refractivity contribution is -0.150. The minimum absolute atomic E-state index is 0.0320. The van der Waals surface area contributed by atoms with Gasteiger partial charge in [-0.1, -0.05) is 24.2 Å². The Labute approximate surface area is 231 Å². The minimum Gasteiger partial charge on any atom is -0.382 e. The number of methoxy groups -OCH3 is 1. The molecule has 3 atom stereocenters. The van der Waals surface area contributed by atoms with Crippen molar-refractivity contribution in [2.75, 3.05) is 25.6 Å². The molecule has 41 heavy (non-hydrogen) atoms. The van der Waals surface area contributed by atoms with Crippen LogP contribution in [-0.4, -0.2) is 65.4 Å². The highest BCUT2D eigenvalue weighted by Crippen LogP contribution is 2.31. The van der Waals surface area contributed by atoms with Crippen LogP contribution in [-0.2, 0) is 16.0 Å². The first kappa shape index (κ1) is 29.5.